The minimum absolute atomic E-state index is 0.0917. The van der Waals surface area contributed by atoms with Crippen molar-refractivity contribution in [2.24, 2.45) is 0 Å². The molecule has 1 aliphatic rings. The van der Waals surface area contributed by atoms with Gasteiger partial charge in [0.25, 0.3) is 5.91 Å². The van der Waals surface area contributed by atoms with Gasteiger partial charge in [0.05, 0.1) is 16.3 Å². The largest absolute Gasteiger partial charge is 0.322 e. The molecule has 158 valence electrons. The molecule has 2 amide bonds. The van der Waals surface area contributed by atoms with Gasteiger partial charge < -0.3 is 5.32 Å². The van der Waals surface area contributed by atoms with Crippen LogP contribution in [0, 0.1) is 0 Å². The van der Waals surface area contributed by atoms with E-state index in [-0.39, 0.29) is 17.2 Å². The fraction of sp³-hybridized carbons (Fsp3) is 0.167. The molecule has 1 aliphatic heterocycles. The number of carbonyl (C=O) groups is 2. The van der Waals surface area contributed by atoms with Crippen molar-refractivity contribution in [2.45, 2.75) is 18.7 Å². The second kappa shape index (κ2) is 9.35. The highest BCUT2D eigenvalue weighted by Crippen LogP contribution is 2.42. The van der Waals surface area contributed by atoms with Crippen LogP contribution in [0.1, 0.15) is 33.8 Å². The highest BCUT2D eigenvalue weighted by Gasteiger charge is 2.34. The molecular weight excluding hydrogens is 451 g/mol. The van der Waals surface area contributed by atoms with Crippen molar-refractivity contribution < 1.29 is 9.59 Å². The third-order valence-electron chi connectivity index (χ3n) is 5.12. The molecule has 0 spiro atoms. The summed E-state index contributed by atoms with van der Waals surface area (Å²) in [6.07, 6.45) is 0.959. The Morgan fingerprint density at radius 2 is 1.77 bits per heavy atom. The van der Waals surface area contributed by atoms with E-state index in [9.17, 15) is 9.59 Å². The maximum absolute atomic E-state index is 12.6. The Kier molecular flexibility index (Phi) is 6.56. The van der Waals surface area contributed by atoms with Gasteiger partial charge in [-0.2, -0.15) is 0 Å². The lowest BCUT2D eigenvalue weighted by molar-refractivity contribution is -0.115. The first-order valence-electron chi connectivity index (χ1n) is 9.85. The molecule has 0 aliphatic carbocycles. The molecule has 3 aromatic rings. The number of nitrogens with one attached hydrogen (secondary N) is 1. The Bertz CT molecular complexity index is 1120. The summed E-state index contributed by atoms with van der Waals surface area (Å²) < 4.78 is 0. The summed E-state index contributed by atoms with van der Waals surface area (Å²) in [5.41, 5.74) is 4.13. The van der Waals surface area contributed by atoms with E-state index >= 15 is 0 Å². The monoisotopic (exact) mass is 470 g/mol. The number of nitrogens with zero attached hydrogens (tertiary/aromatic N) is 1. The second-order valence-corrected chi connectivity index (χ2v) is 9.06. The van der Waals surface area contributed by atoms with E-state index in [1.165, 1.54) is 11.6 Å². The number of carbonyl (C=O) groups excluding carboxylic acids is 2. The third-order valence-corrected chi connectivity index (χ3v) is 6.88. The van der Waals surface area contributed by atoms with Crippen LogP contribution in [0.3, 0.4) is 0 Å². The third kappa shape index (κ3) is 4.74. The van der Waals surface area contributed by atoms with Gasteiger partial charge in [-0.15, -0.1) is 11.8 Å². The average molecular weight is 471 g/mol. The molecule has 1 atom stereocenters. The van der Waals surface area contributed by atoms with E-state index < -0.39 is 0 Å². The molecule has 1 N–H and O–H groups in total. The lowest BCUT2D eigenvalue weighted by Gasteiger charge is -2.24. The van der Waals surface area contributed by atoms with Crippen LogP contribution in [0.2, 0.25) is 10.0 Å². The van der Waals surface area contributed by atoms with Gasteiger partial charge in [0.2, 0.25) is 5.91 Å². The average Bonchev–Trinajstić information content (AvgIpc) is 3.15. The van der Waals surface area contributed by atoms with Crippen molar-refractivity contribution >= 4 is 58.2 Å². The van der Waals surface area contributed by atoms with Crippen LogP contribution in [0.25, 0.3) is 0 Å². The molecule has 1 heterocycles. The van der Waals surface area contributed by atoms with Crippen LogP contribution in [0.15, 0.2) is 66.7 Å². The summed E-state index contributed by atoms with van der Waals surface area (Å²) >= 11 is 13.6. The maximum Gasteiger partial charge on any atom is 0.257 e. The Morgan fingerprint density at radius 3 is 2.42 bits per heavy atom. The Labute approximate surface area is 195 Å². The standard InChI is InChI=1S/C24H20Cl2N2O2S/c1-2-15-3-10-19(11-4-15)28-22(29)14-31-24(28)16-5-8-18(9-6-16)27-23(30)20-12-7-17(25)13-21(20)26/h3-13,24H,2,14H2,1H3,(H,27,30)/t24-/m0/s1. The molecule has 3 aromatic carbocycles. The summed E-state index contributed by atoms with van der Waals surface area (Å²) in [4.78, 5) is 26.9. The zero-order valence-corrected chi connectivity index (χ0v) is 19.1. The number of benzene rings is 3. The Balaban J connectivity index is 1.51. The molecule has 1 fully saturated rings. The lowest BCUT2D eigenvalue weighted by atomic mass is 10.1. The van der Waals surface area contributed by atoms with Gasteiger partial charge in [0.1, 0.15) is 5.37 Å². The highest BCUT2D eigenvalue weighted by molar-refractivity contribution is 8.00. The van der Waals surface area contributed by atoms with Gasteiger partial charge in [0.15, 0.2) is 0 Å². The Morgan fingerprint density at radius 1 is 1.06 bits per heavy atom. The summed E-state index contributed by atoms with van der Waals surface area (Å²) in [5, 5.41) is 3.52. The van der Waals surface area contributed by atoms with Crippen LogP contribution in [-0.4, -0.2) is 17.6 Å². The number of rotatable bonds is 5. The van der Waals surface area contributed by atoms with Crippen LogP contribution < -0.4 is 10.2 Å². The van der Waals surface area contributed by atoms with Crippen molar-refractivity contribution in [1.82, 2.24) is 0 Å². The highest BCUT2D eigenvalue weighted by atomic mass is 35.5. The Hall–Kier alpha value is -2.47. The van der Waals surface area contributed by atoms with Crippen LogP contribution in [-0.2, 0) is 11.2 Å². The maximum atomic E-state index is 12.6. The quantitative estimate of drug-likeness (QED) is 0.457. The molecule has 7 heteroatoms. The molecule has 4 rings (SSSR count). The lowest BCUT2D eigenvalue weighted by Crippen LogP contribution is -2.27. The van der Waals surface area contributed by atoms with Gasteiger partial charge in [-0.25, -0.2) is 0 Å². The van der Waals surface area contributed by atoms with Crippen molar-refractivity contribution in [1.29, 1.82) is 0 Å². The number of hydrogen-bond acceptors (Lipinski definition) is 3. The topological polar surface area (TPSA) is 49.4 Å². The summed E-state index contributed by atoms with van der Waals surface area (Å²) in [5.74, 6) is 0.222. The number of anilines is 2. The second-order valence-electron chi connectivity index (χ2n) is 7.15. The van der Waals surface area contributed by atoms with E-state index in [1.807, 2.05) is 41.3 Å². The molecule has 0 saturated carbocycles. The van der Waals surface area contributed by atoms with Crippen molar-refractivity contribution in [3.8, 4) is 0 Å². The first-order valence-corrected chi connectivity index (χ1v) is 11.7. The number of halogens is 2. The zero-order chi connectivity index (χ0) is 22.0. The molecule has 4 nitrogen and oxygen atoms in total. The predicted octanol–water partition coefficient (Wildman–Crippen LogP) is 6.59. The van der Waals surface area contributed by atoms with E-state index in [0.29, 0.717) is 27.0 Å². The van der Waals surface area contributed by atoms with E-state index in [1.54, 1.807) is 23.9 Å². The molecule has 0 aromatic heterocycles. The summed E-state index contributed by atoms with van der Waals surface area (Å²) in [6.45, 7) is 2.11. The van der Waals surface area contributed by atoms with Gasteiger partial charge in [-0.3, -0.25) is 14.5 Å². The van der Waals surface area contributed by atoms with Crippen molar-refractivity contribution in [3.63, 3.8) is 0 Å². The minimum Gasteiger partial charge on any atom is -0.322 e. The normalized spacial score (nSPS) is 15.9. The minimum atomic E-state index is -0.308. The van der Waals surface area contributed by atoms with E-state index in [4.69, 9.17) is 23.2 Å². The van der Waals surface area contributed by atoms with Gasteiger partial charge in [-0.05, 0) is 60.0 Å². The van der Waals surface area contributed by atoms with Gasteiger partial charge in [0, 0.05) is 16.4 Å². The first kappa shape index (κ1) is 21.8. The fourth-order valence-corrected chi connectivity index (χ4v) is 5.12. The van der Waals surface area contributed by atoms with E-state index in [2.05, 4.69) is 24.4 Å². The van der Waals surface area contributed by atoms with Gasteiger partial charge in [-0.1, -0.05) is 54.4 Å². The SMILES string of the molecule is CCc1ccc(N2C(=O)CS[C@H]2c2ccc(NC(=O)c3ccc(Cl)cc3Cl)cc2)cc1. The van der Waals surface area contributed by atoms with Crippen LogP contribution in [0.4, 0.5) is 11.4 Å². The van der Waals surface area contributed by atoms with Crippen LogP contribution in [0.5, 0.6) is 0 Å². The fourth-order valence-electron chi connectivity index (χ4n) is 3.45. The summed E-state index contributed by atoms with van der Waals surface area (Å²) in [7, 11) is 0. The molecule has 0 radical (unpaired) electrons. The van der Waals surface area contributed by atoms with Crippen LogP contribution >= 0.6 is 35.0 Å². The van der Waals surface area contributed by atoms with Crippen molar-refractivity contribution in [2.75, 3.05) is 16.0 Å². The number of thioether (sulfide) groups is 1. The predicted molar refractivity (Wildman–Crippen MR) is 129 cm³/mol. The molecule has 31 heavy (non-hydrogen) atoms. The smallest absolute Gasteiger partial charge is 0.257 e. The molecule has 0 bridgehead atoms. The van der Waals surface area contributed by atoms with Gasteiger partial charge >= 0.3 is 0 Å². The van der Waals surface area contributed by atoms with Crippen molar-refractivity contribution in [3.05, 3.63) is 93.5 Å². The zero-order valence-electron chi connectivity index (χ0n) is 16.8. The number of aryl methyl sites for hydroxylation is 1. The number of hydrogen-bond donors (Lipinski definition) is 1. The summed E-state index contributed by atoms with van der Waals surface area (Å²) in [6, 6.07) is 20.4. The number of amides is 2. The molecule has 1 saturated heterocycles. The molecular formula is C24H20Cl2N2O2S. The van der Waals surface area contributed by atoms with E-state index in [0.717, 1.165) is 17.7 Å². The molecule has 0 unspecified atom stereocenters. The first-order chi connectivity index (χ1) is 15.0.